The minimum Gasteiger partial charge on any atom is -0.351 e. The first kappa shape index (κ1) is 18.9. The van der Waals surface area contributed by atoms with Crippen molar-refractivity contribution in [1.82, 2.24) is 19.8 Å². The Labute approximate surface area is 176 Å². The van der Waals surface area contributed by atoms with Crippen molar-refractivity contribution >= 4 is 27.7 Å². The number of hydrogen-bond donors (Lipinski definition) is 2. The van der Waals surface area contributed by atoms with E-state index in [-0.39, 0.29) is 5.91 Å². The number of fused-ring (bicyclic) bond motifs is 4. The van der Waals surface area contributed by atoms with Gasteiger partial charge in [-0.05, 0) is 43.1 Å². The smallest absolute Gasteiger partial charge is 0.267 e. The third-order valence-corrected chi connectivity index (χ3v) is 6.35. The number of amides is 1. The van der Waals surface area contributed by atoms with E-state index in [2.05, 4.69) is 51.1 Å². The Morgan fingerprint density at radius 3 is 2.83 bits per heavy atom. The normalized spacial score (nSPS) is 14.3. The van der Waals surface area contributed by atoms with Crippen molar-refractivity contribution in [2.75, 3.05) is 19.6 Å². The van der Waals surface area contributed by atoms with E-state index in [1.165, 1.54) is 22.2 Å². The quantitative estimate of drug-likeness (QED) is 0.476. The van der Waals surface area contributed by atoms with Crippen LogP contribution in [0.1, 0.15) is 34.6 Å². The molecule has 0 bridgehead atoms. The van der Waals surface area contributed by atoms with E-state index in [0.29, 0.717) is 12.2 Å². The minimum absolute atomic E-state index is 0.0235. The number of hydrogen-bond acceptors (Lipinski definition) is 2. The van der Waals surface area contributed by atoms with Crippen LogP contribution in [-0.4, -0.2) is 40.0 Å². The molecule has 4 aromatic rings. The molecule has 2 aromatic carbocycles. The lowest BCUT2D eigenvalue weighted by Crippen LogP contribution is -2.32. The molecule has 30 heavy (non-hydrogen) atoms. The van der Waals surface area contributed by atoms with Gasteiger partial charge in [0, 0.05) is 60.6 Å². The molecule has 2 aromatic heterocycles. The highest BCUT2D eigenvalue weighted by Gasteiger charge is 2.22. The molecule has 0 saturated heterocycles. The second-order valence-electron chi connectivity index (χ2n) is 8.26. The van der Waals surface area contributed by atoms with Crippen molar-refractivity contribution in [2.45, 2.75) is 25.8 Å². The highest BCUT2D eigenvalue weighted by atomic mass is 16.1. The van der Waals surface area contributed by atoms with Crippen molar-refractivity contribution in [3.8, 4) is 0 Å². The average molecular weight is 401 g/mol. The van der Waals surface area contributed by atoms with Crippen molar-refractivity contribution in [1.29, 1.82) is 0 Å². The molecule has 0 spiro atoms. The SMILES string of the molecule is Cn1c2c(c3ccccc31)CN(CCCCNC(=O)c1cc3ccccc3[nH]1)CC2. The number of rotatable bonds is 6. The number of nitrogens with one attached hydrogen (secondary N) is 2. The standard InChI is InChI=1S/C25H28N4O/c1-28-23-11-5-3-9-19(23)20-17-29(15-12-24(20)28)14-7-6-13-26-25(30)22-16-18-8-2-4-10-21(18)27-22/h2-5,8-11,16,27H,6-7,12-15,17H2,1H3,(H,26,30). The predicted octanol–water partition coefficient (Wildman–Crippen LogP) is 4.23. The minimum atomic E-state index is -0.0235. The second-order valence-corrected chi connectivity index (χ2v) is 8.26. The zero-order valence-electron chi connectivity index (χ0n) is 17.4. The van der Waals surface area contributed by atoms with Crippen molar-refractivity contribution in [3.05, 3.63) is 71.5 Å². The number of aryl methyl sites for hydroxylation is 1. The summed E-state index contributed by atoms with van der Waals surface area (Å²) in [5, 5.41) is 5.51. The molecule has 154 valence electrons. The fraction of sp³-hybridized carbons (Fsp3) is 0.320. The van der Waals surface area contributed by atoms with Crippen molar-refractivity contribution < 1.29 is 4.79 Å². The largest absolute Gasteiger partial charge is 0.351 e. The highest BCUT2D eigenvalue weighted by Crippen LogP contribution is 2.30. The van der Waals surface area contributed by atoms with Gasteiger partial charge in [-0.15, -0.1) is 0 Å². The third-order valence-electron chi connectivity index (χ3n) is 6.35. The van der Waals surface area contributed by atoms with Gasteiger partial charge in [-0.1, -0.05) is 36.4 Å². The fourth-order valence-corrected chi connectivity index (χ4v) is 4.73. The summed E-state index contributed by atoms with van der Waals surface area (Å²) in [7, 11) is 2.19. The molecule has 5 rings (SSSR count). The van der Waals surface area contributed by atoms with Crippen LogP contribution in [-0.2, 0) is 20.0 Å². The maximum Gasteiger partial charge on any atom is 0.267 e. The molecule has 0 aliphatic carbocycles. The molecule has 0 unspecified atom stereocenters. The summed E-state index contributed by atoms with van der Waals surface area (Å²) in [6.07, 6.45) is 3.19. The third kappa shape index (κ3) is 3.50. The Kier molecular flexibility index (Phi) is 5.05. The topological polar surface area (TPSA) is 53.1 Å². The van der Waals surface area contributed by atoms with Gasteiger partial charge in [0.1, 0.15) is 5.69 Å². The molecular weight excluding hydrogens is 372 g/mol. The molecule has 0 radical (unpaired) electrons. The lowest BCUT2D eigenvalue weighted by Gasteiger charge is -2.27. The lowest BCUT2D eigenvalue weighted by atomic mass is 10.0. The van der Waals surface area contributed by atoms with Gasteiger partial charge in [0.15, 0.2) is 0 Å². The summed E-state index contributed by atoms with van der Waals surface area (Å²) in [5.74, 6) is -0.0235. The first-order chi connectivity index (χ1) is 14.7. The van der Waals surface area contributed by atoms with Gasteiger partial charge in [-0.3, -0.25) is 9.69 Å². The number of carbonyl (C=O) groups is 1. The van der Waals surface area contributed by atoms with Crippen molar-refractivity contribution in [2.24, 2.45) is 7.05 Å². The van der Waals surface area contributed by atoms with Crippen LogP contribution in [0.2, 0.25) is 0 Å². The van der Waals surface area contributed by atoms with Crippen LogP contribution in [0.3, 0.4) is 0 Å². The van der Waals surface area contributed by atoms with Crippen LogP contribution in [0, 0.1) is 0 Å². The maximum absolute atomic E-state index is 12.4. The Balaban J connectivity index is 1.11. The Morgan fingerprint density at radius 1 is 1.10 bits per heavy atom. The number of aromatic nitrogens is 2. The van der Waals surface area contributed by atoms with Crippen LogP contribution in [0.25, 0.3) is 21.8 Å². The molecule has 1 amide bonds. The van der Waals surface area contributed by atoms with E-state index < -0.39 is 0 Å². The molecular formula is C25H28N4O. The Bertz CT molecular complexity index is 1170. The lowest BCUT2D eigenvalue weighted by molar-refractivity contribution is 0.0948. The van der Waals surface area contributed by atoms with E-state index in [1.807, 2.05) is 30.3 Å². The molecule has 1 aliphatic rings. The number of benzene rings is 2. The van der Waals surface area contributed by atoms with Crippen LogP contribution in [0.4, 0.5) is 0 Å². The average Bonchev–Trinajstić information content (AvgIpc) is 3.33. The summed E-state index contributed by atoms with van der Waals surface area (Å²) in [6, 6.07) is 18.6. The number of H-pyrrole nitrogens is 1. The molecule has 3 heterocycles. The summed E-state index contributed by atoms with van der Waals surface area (Å²) >= 11 is 0. The van der Waals surface area contributed by atoms with Crippen LogP contribution >= 0.6 is 0 Å². The predicted molar refractivity (Wildman–Crippen MR) is 122 cm³/mol. The van der Waals surface area contributed by atoms with Crippen LogP contribution < -0.4 is 5.32 Å². The second kappa shape index (κ2) is 8.00. The zero-order chi connectivity index (χ0) is 20.5. The zero-order valence-corrected chi connectivity index (χ0v) is 17.4. The molecule has 2 N–H and O–H groups in total. The summed E-state index contributed by atoms with van der Waals surface area (Å²) in [6.45, 7) is 3.92. The number of nitrogens with zero attached hydrogens (tertiary/aromatic N) is 2. The first-order valence-electron chi connectivity index (χ1n) is 10.8. The Morgan fingerprint density at radius 2 is 1.93 bits per heavy atom. The number of unbranched alkanes of at least 4 members (excludes halogenated alkanes) is 1. The Hall–Kier alpha value is -3.05. The monoisotopic (exact) mass is 400 g/mol. The van der Waals surface area contributed by atoms with E-state index >= 15 is 0 Å². The van der Waals surface area contributed by atoms with Gasteiger partial charge in [-0.25, -0.2) is 0 Å². The van der Waals surface area contributed by atoms with Crippen LogP contribution in [0.15, 0.2) is 54.6 Å². The van der Waals surface area contributed by atoms with Gasteiger partial charge in [-0.2, -0.15) is 0 Å². The molecule has 0 saturated carbocycles. The van der Waals surface area contributed by atoms with Crippen molar-refractivity contribution in [3.63, 3.8) is 0 Å². The number of carbonyl (C=O) groups excluding carboxylic acids is 1. The van der Waals surface area contributed by atoms with E-state index in [1.54, 1.807) is 0 Å². The maximum atomic E-state index is 12.4. The molecule has 1 aliphatic heterocycles. The van der Waals surface area contributed by atoms with E-state index in [9.17, 15) is 4.79 Å². The van der Waals surface area contributed by atoms with Crippen LogP contribution in [0.5, 0.6) is 0 Å². The van der Waals surface area contributed by atoms with Gasteiger partial charge >= 0.3 is 0 Å². The van der Waals surface area contributed by atoms with E-state index in [0.717, 1.165) is 49.8 Å². The van der Waals surface area contributed by atoms with Gasteiger partial charge in [0.2, 0.25) is 0 Å². The fourth-order valence-electron chi connectivity index (χ4n) is 4.73. The number of aromatic amines is 1. The summed E-state index contributed by atoms with van der Waals surface area (Å²) in [4.78, 5) is 18.1. The van der Waals surface area contributed by atoms with E-state index in [4.69, 9.17) is 0 Å². The van der Waals surface area contributed by atoms with Gasteiger partial charge < -0.3 is 14.9 Å². The molecule has 0 atom stereocenters. The first-order valence-corrected chi connectivity index (χ1v) is 10.8. The molecule has 5 heteroatoms. The molecule has 5 nitrogen and oxygen atoms in total. The van der Waals surface area contributed by atoms with Gasteiger partial charge in [0.25, 0.3) is 5.91 Å². The molecule has 0 fully saturated rings. The van der Waals surface area contributed by atoms with Gasteiger partial charge in [0.05, 0.1) is 0 Å². The summed E-state index contributed by atoms with van der Waals surface area (Å²) in [5.41, 5.74) is 5.95. The highest BCUT2D eigenvalue weighted by molar-refractivity contribution is 5.97. The number of para-hydroxylation sites is 2. The summed E-state index contributed by atoms with van der Waals surface area (Å²) < 4.78 is 2.36.